The Morgan fingerprint density at radius 2 is 2.00 bits per heavy atom. The first kappa shape index (κ1) is 19.8. The Labute approximate surface area is 156 Å². The van der Waals surface area contributed by atoms with Crippen LogP contribution in [-0.2, 0) is 14.3 Å². The number of ether oxygens (including phenoxy) is 3. The summed E-state index contributed by atoms with van der Waals surface area (Å²) in [6.45, 7) is 3.53. The van der Waals surface area contributed by atoms with Gasteiger partial charge in [0.2, 0.25) is 0 Å². The Kier molecular flexibility index (Phi) is 6.68. The van der Waals surface area contributed by atoms with Gasteiger partial charge in [-0.25, -0.2) is 4.79 Å². The second-order valence-corrected chi connectivity index (χ2v) is 6.58. The fourth-order valence-electron chi connectivity index (χ4n) is 2.28. The van der Waals surface area contributed by atoms with E-state index in [9.17, 15) is 14.4 Å². The molecule has 1 aliphatic rings. The van der Waals surface area contributed by atoms with E-state index in [0.29, 0.717) is 28.4 Å². The molecule has 0 bridgehead atoms. The lowest BCUT2D eigenvalue weighted by Gasteiger charge is -2.19. The lowest BCUT2D eigenvalue weighted by molar-refractivity contribution is -0.143. The number of methoxy groups -OCH3 is 2. The van der Waals surface area contributed by atoms with E-state index in [2.05, 4.69) is 4.74 Å². The van der Waals surface area contributed by atoms with E-state index < -0.39 is 5.97 Å². The highest BCUT2D eigenvalue weighted by Crippen LogP contribution is 2.35. The molecule has 1 aromatic carbocycles. The average Bonchev–Trinajstić information content (AvgIpc) is 2.92. The van der Waals surface area contributed by atoms with Crippen LogP contribution in [-0.4, -0.2) is 48.9 Å². The molecule has 1 saturated heterocycles. The largest absolute Gasteiger partial charge is 0.493 e. The van der Waals surface area contributed by atoms with Gasteiger partial charge >= 0.3 is 5.97 Å². The molecule has 1 fully saturated rings. The lowest BCUT2D eigenvalue weighted by Crippen LogP contribution is -2.36. The highest BCUT2D eigenvalue weighted by atomic mass is 32.2. The Balaban J connectivity index is 2.21. The Bertz CT molecular complexity index is 745. The number of rotatable bonds is 7. The van der Waals surface area contributed by atoms with Gasteiger partial charge in [0, 0.05) is 6.04 Å². The zero-order valence-corrected chi connectivity index (χ0v) is 15.9. The summed E-state index contributed by atoms with van der Waals surface area (Å²) in [5.41, 5.74) is 0.682. The maximum atomic E-state index is 12.5. The SMILES string of the molecule is CC[C@H](C)N1C(=O)S/C(=C/c2ccc(OCC(=O)OC)c(OC)c2)C1=O. The molecule has 1 aromatic rings. The van der Waals surface area contributed by atoms with Crippen molar-refractivity contribution < 1.29 is 28.6 Å². The number of imide groups is 1. The van der Waals surface area contributed by atoms with Crippen molar-refractivity contribution in [2.45, 2.75) is 26.3 Å². The van der Waals surface area contributed by atoms with Crippen molar-refractivity contribution in [2.75, 3.05) is 20.8 Å². The zero-order chi connectivity index (χ0) is 19.3. The van der Waals surface area contributed by atoms with Gasteiger partial charge in [-0.2, -0.15) is 0 Å². The monoisotopic (exact) mass is 379 g/mol. The second-order valence-electron chi connectivity index (χ2n) is 5.58. The lowest BCUT2D eigenvalue weighted by atomic mass is 10.1. The van der Waals surface area contributed by atoms with Crippen molar-refractivity contribution in [1.29, 1.82) is 0 Å². The van der Waals surface area contributed by atoms with Crippen molar-refractivity contribution >= 4 is 35.0 Å². The highest BCUT2D eigenvalue weighted by Gasteiger charge is 2.37. The van der Waals surface area contributed by atoms with Crippen LogP contribution in [0.5, 0.6) is 11.5 Å². The summed E-state index contributed by atoms with van der Waals surface area (Å²) in [6.07, 6.45) is 2.34. The van der Waals surface area contributed by atoms with Gasteiger partial charge in [0.25, 0.3) is 11.1 Å². The van der Waals surface area contributed by atoms with Gasteiger partial charge in [0.1, 0.15) is 0 Å². The molecule has 26 heavy (non-hydrogen) atoms. The quantitative estimate of drug-likeness (QED) is 0.532. The molecule has 2 rings (SSSR count). The van der Waals surface area contributed by atoms with Crippen LogP contribution in [0.1, 0.15) is 25.8 Å². The first-order chi connectivity index (χ1) is 12.4. The third kappa shape index (κ3) is 4.37. The van der Waals surface area contributed by atoms with Crippen molar-refractivity contribution in [3.8, 4) is 11.5 Å². The first-order valence-corrected chi connectivity index (χ1v) is 8.87. The maximum absolute atomic E-state index is 12.5. The molecule has 2 amide bonds. The Morgan fingerprint density at radius 3 is 2.62 bits per heavy atom. The van der Waals surface area contributed by atoms with Crippen molar-refractivity contribution in [1.82, 2.24) is 4.90 Å². The van der Waals surface area contributed by atoms with Crippen LogP contribution in [0.4, 0.5) is 4.79 Å². The van der Waals surface area contributed by atoms with Gasteiger partial charge in [-0.1, -0.05) is 13.0 Å². The molecule has 1 aliphatic heterocycles. The summed E-state index contributed by atoms with van der Waals surface area (Å²) in [5, 5.41) is -0.263. The number of carbonyl (C=O) groups excluding carboxylic acids is 3. The number of benzene rings is 1. The van der Waals surface area contributed by atoms with Gasteiger partial charge in [0.15, 0.2) is 18.1 Å². The minimum Gasteiger partial charge on any atom is -0.493 e. The smallest absolute Gasteiger partial charge is 0.343 e. The van der Waals surface area contributed by atoms with Crippen LogP contribution in [0.25, 0.3) is 6.08 Å². The third-order valence-corrected chi connectivity index (χ3v) is 4.80. The van der Waals surface area contributed by atoms with Gasteiger partial charge in [-0.05, 0) is 48.9 Å². The molecule has 0 radical (unpaired) electrons. The normalized spacial score (nSPS) is 16.8. The van der Waals surface area contributed by atoms with Crippen LogP contribution in [0.15, 0.2) is 23.1 Å². The Hall–Kier alpha value is -2.48. The molecule has 0 saturated carbocycles. The predicted molar refractivity (Wildman–Crippen MR) is 98.1 cm³/mol. The Morgan fingerprint density at radius 1 is 1.27 bits per heavy atom. The van der Waals surface area contributed by atoms with E-state index in [4.69, 9.17) is 9.47 Å². The molecule has 140 valence electrons. The molecule has 1 heterocycles. The molecule has 0 N–H and O–H groups in total. The van der Waals surface area contributed by atoms with E-state index in [1.807, 2.05) is 13.8 Å². The fraction of sp³-hybridized carbons (Fsp3) is 0.389. The molecule has 0 spiro atoms. The predicted octanol–water partition coefficient (Wildman–Crippen LogP) is 3.08. The number of carbonyl (C=O) groups is 3. The molecule has 0 aliphatic carbocycles. The number of hydrogen-bond acceptors (Lipinski definition) is 7. The van der Waals surface area contributed by atoms with Crippen LogP contribution < -0.4 is 9.47 Å². The van der Waals surface area contributed by atoms with E-state index in [0.717, 1.165) is 11.8 Å². The summed E-state index contributed by atoms with van der Waals surface area (Å²) in [4.78, 5) is 37.4. The van der Waals surface area contributed by atoms with Gasteiger partial charge in [-0.15, -0.1) is 0 Å². The maximum Gasteiger partial charge on any atom is 0.343 e. The molecular weight excluding hydrogens is 358 g/mol. The van der Waals surface area contributed by atoms with Crippen LogP contribution in [0, 0.1) is 0 Å². The van der Waals surface area contributed by atoms with Crippen molar-refractivity contribution in [2.24, 2.45) is 0 Å². The summed E-state index contributed by atoms with van der Waals surface area (Å²) in [5.74, 6) is -0.0132. The average molecular weight is 379 g/mol. The topological polar surface area (TPSA) is 82.1 Å². The number of thioether (sulfide) groups is 1. The minimum absolute atomic E-state index is 0.142. The number of hydrogen-bond donors (Lipinski definition) is 0. The van der Waals surface area contributed by atoms with Gasteiger partial charge in [-0.3, -0.25) is 14.5 Å². The fourth-order valence-corrected chi connectivity index (χ4v) is 3.21. The zero-order valence-electron chi connectivity index (χ0n) is 15.1. The van der Waals surface area contributed by atoms with Crippen molar-refractivity contribution in [3.63, 3.8) is 0 Å². The highest BCUT2D eigenvalue weighted by molar-refractivity contribution is 8.18. The molecular formula is C18H21NO6S. The van der Waals surface area contributed by atoms with Gasteiger partial charge < -0.3 is 14.2 Å². The third-order valence-electron chi connectivity index (χ3n) is 3.91. The molecule has 7 nitrogen and oxygen atoms in total. The summed E-state index contributed by atoms with van der Waals surface area (Å²) in [7, 11) is 2.75. The number of nitrogens with zero attached hydrogens (tertiary/aromatic N) is 1. The standard InChI is InChI=1S/C18H21NO6S/c1-5-11(2)19-17(21)15(26-18(19)22)9-12-6-7-13(14(8-12)23-3)25-10-16(20)24-4/h6-9,11H,5,10H2,1-4H3/b15-9+/t11-/m0/s1. The second kappa shape index (κ2) is 8.75. The van der Waals surface area contributed by atoms with Crippen LogP contribution in [0.2, 0.25) is 0 Å². The van der Waals surface area contributed by atoms with Crippen LogP contribution >= 0.6 is 11.8 Å². The summed E-state index contributed by atoms with van der Waals surface area (Å²) >= 11 is 0.920. The minimum atomic E-state index is -0.505. The van der Waals surface area contributed by atoms with E-state index in [1.165, 1.54) is 19.1 Å². The van der Waals surface area contributed by atoms with E-state index >= 15 is 0 Å². The summed E-state index contributed by atoms with van der Waals surface area (Å²) < 4.78 is 15.1. The molecule has 0 aromatic heterocycles. The van der Waals surface area contributed by atoms with E-state index in [-0.39, 0.29) is 23.8 Å². The first-order valence-electron chi connectivity index (χ1n) is 8.06. The summed E-state index contributed by atoms with van der Waals surface area (Å²) in [6, 6.07) is 4.87. The molecule has 8 heteroatoms. The van der Waals surface area contributed by atoms with Gasteiger partial charge in [0.05, 0.1) is 19.1 Å². The molecule has 1 atom stereocenters. The molecule has 0 unspecified atom stereocenters. The van der Waals surface area contributed by atoms with Crippen molar-refractivity contribution in [3.05, 3.63) is 28.7 Å². The number of esters is 1. The van der Waals surface area contributed by atoms with E-state index in [1.54, 1.807) is 24.3 Å². The number of amides is 2. The van der Waals surface area contributed by atoms with Crippen LogP contribution in [0.3, 0.4) is 0 Å².